The third-order valence-electron chi connectivity index (χ3n) is 4.32. The van der Waals surface area contributed by atoms with Crippen LogP contribution in [0.4, 0.5) is 4.79 Å². The zero-order valence-corrected chi connectivity index (χ0v) is 14.8. The number of benzene rings is 1. The highest BCUT2D eigenvalue weighted by Gasteiger charge is 2.32. The predicted molar refractivity (Wildman–Crippen MR) is 93.3 cm³/mol. The van der Waals surface area contributed by atoms with E-state index in [2.05, 4.69) is 36.5 Å². The molecule has 1 N–H and O–H groups in total. The lowest BCUT2D eigenvalue weighted by Crippen LogP contribution is -2.51. The van der Waals surface area contributed by atoms with Gasteiger partial charge in [0.15, 0.2) is 0 Å². The first-order chi connectivity index (χ1) is 10.9. The number of carbonyl (C=O) groups is 1. The molecule has 128 valence electrons. The summed E-state index contributed by atoms with van der Waals surface area (Å²) in [4.78, 5) is 14.1. The standard InChI is InChI=1S/C19H30N2O2/c1-5-16-14-21(18(22)23-19(2,3)4)12-11-17(16)20-13-15-9-7-6-8-10-15/h6-10,16-17,20H,5,11-14H2,1-4H3/t16-,17+/m1/s1. The van der Waals surface area contributed by atoms with Crippen LogP contribution < -0.4 is 5.32 Å². The van der Waals surface area contributed by atoms with Crippen molar-refractivity contribution in [2.24, 2.45) is 5.92 Å². The maximum Gasteiger partial charge on any atom is 0.410 e. The molecule has 2 rings (SSSR count). The minimum atomic E-state index is -0.429. The summed E-state index contributed by atoms with van der Waals surface area (Å²) in [6.45, 7) is 10.4. The summed E-state index contributed by atoms with van der Waals surface area (Å²) in [6.07, 6.45) is 1.86. The molecular formula is C19H30N2O2. The largest absolute Gasteiger partial charge is 0.444 e. The number of rotatable bonds is 4. The third kappa shape index (κ3) is 5.54. The second kappa shape index (κ2) is 7.82. The fourth-order valence-electron chi connectivity index (χ4n) is 3.05. The first kappa shape index (κ1) is 17.8. The fraction of sp³-hybridized carbons (Fsp3) is 0.632. The van der Waals surface area contributed by atoms with Crippen molar-refractivity contribution in [1.82, 2.24) is 10.2 Å². The smallest absolute Gasteiger partial charge is 0.410 e. The van der Waals surface area contributed by atoms with Crippen LogP contribution in [0.2, 0.25) is 0 Å². The van der Waals surface area contributed by atoms with Gasteiger partial charge in [0.2, 0.25) is 0 Å². The second-order valence-corrected chi connectivity index (χ2v) is 7.36. The van der Waals surface area contributed by atoms with Crippen LogP contribution in [0.5, 0.6) is 0 Å². The van der Waals surface area contributed by atoms with E-state index in [4.69, 9.17) is 4.74 Å². The molecule has 1 heterocycles. The van der Waals surface area contributed by atoms with Crippen LogP contribution in [0, 0.1) is 5.92 Å². The van der Waals surface area contributed by atoms with Crippen molar-refractivity contribution < 1.29 is 9.53 Å². The van der Waals surface area contributed by atoms with Crippen LogP contribution in [0.3, 0.4) is 0 Å². The van der Waals surface area contributed by atoms with E-state index in [1.807, 2.05) is 31.7 Å². The molecule has 1 saturated heterocycles. The molecule has 0 aromatic heterocycles. The highest BCUT2D eigenvalue weighted by atomic mass is 16.6. The van der Waals surface area contributed by atoms with E-state index in [9.17, 15) is 4.79 Å². The van der Waals surface area contributed by atoms with Gasteiger partial charge in [-0.25, -0.2) is 4.79 Å². The average Bonchev–Trinajstić information content (AvgIpc) is 2.52. The Morgan fingerprint density at radius 3 is 2.61 bits per heavy atom. The summed E-state index contributed by atoms with van der Waals surface area (Å²) in [5.74, 6) is 0.472. The third-order valence-corrected chi connectivity index (χ3v) is 4.32. The lowest BCUT2D eigenvalue weighted by atomic mass is 9.90. The molecule has 1 aromatic rings. The molecule has 1 fully saturated rings. The van der Waals surface area contributed by atoms with E-state index in [0.717, 1.165) is 32.5 Å². The lowest BCUT2D eigenvalue weighted by Gasteiger charge is -2.39. The van der Waals surface area contributed by atoms with Gasteiger partial charge in [-0.05, 0) is 38.7 Å². The topological polar surface area (TPSA) is 41.6 Å². The van der Waals surface area contributed by atoms with Crippen molar-refractivity contribution in [3.05, 3.63) is 35.9 Å². The molecule has 23 heavy (non-hydrogen) atoms. The van der Waals surface area contributed by atoms with Gasteiger partial charge in [-0.2, -0.15) is 0 Å². The molecule has 0 bridgehead atoms. The highest BCUT2D eigenvalue weighted by Crippen LogP contribution is 2.22. The summed E-state index contributed by atoms with van der Waals surface area (Å²) >= 11 is 0. The molecule has 1 amide bonds. The minimum Gasteiger partial charge on any atom is -0.444 e. The fourth-order valence-corrected chi connectivity index (χ4v) is 3.05. The van der Waals surface area contributed by atoms with E-state index < -0.39 is 5.60 Å². The van der Waals surface area contributed by atoms with Crippen LogP contribution in [-0.4, -0.2) is 35.7 Å². The summed E-state index contributed by atoms with van der Waals surface area (Å²) in [5.41, 5.74) is 0.873. The Kier molecular flexibility index (Phi) is 6.05. The Morgan fingerprint density at radius 2 is 2.00 bits per heavy atom. The molecule has 0 spiro atoms. The van der Waals surface area contributed by atoms with Crippen molar-refractivity contribution in [2.45, 2.75) is 58.7 Å². The van der Waals surface area contributed by atoms with Crippen molar-refractivity contribution in [3.8, 4) is 0 Å². The zero-order chi connectivity index (χ0) is 16.9. The maximum atomic E-state index is 12.2. The first-order valence-corrected chi connectivity index (χ1v) is 8.64. The minimum absolute atomic E-state index is 0.183. The molecule has 0 saturated carbocycles. The van der Waals surface area contributed by atoms with Crippen LogP contribution in [-0.2, 0) is 11.3 Å². The van der Waals surface area contributed by atoms with Crippen molar-refractivity contribution >= 4 is 6.09 Å². The number of nitrogens with zero attached hydrogens (tertiary/aromatic N) is 1. The Hall–Kier alpha value is -1.55. The monoisotopic (exact) mass is 318 g/mol. The Bertz CT molecular complexity index is 496. The second-order valence-electron chi connectivity index (χ2n) is 7.36. The molecule has 0 radical (unpaired) electrons. The number of hydrogen-bond donors (Lipinski definition) is 1. The van der Waals surface area contributed by atoms with Gasteiger partial charge in [0.25, 0.3) is 0 Å². The summed E-state index contributed by atoms with van der Waals surface area (Å²) in [5, 5.41) is 3.67. The van der Waals surface area contributed by atoms with Gasteiger partial charge in [-0.1, -0.05) is 43.7 Å². The van der Waals surface area contributed by atoms with Crippen molar-refractivity contribution in [1.29, 1.82) is 0 Å². The van der Waals surface area contributed by atoms with Crippen LogP contribution in [0.15, 0.2) is 30.3 Å². The zero-order valence-electron chi connectivity index (χ0n) is 14.8. The van der Waals surface area contributed by atoms with Crippen molar-refractivity contribution in [2.75, 3.05) is 13.1 Å². The van der Waals surface area contributed by atoms with E-state index in [1.54, 1.807) is 0 Å². The molecule has 0 aliphatic carbocycles. The lowest BCUT2D eigenvalue weighted by molar-refractivity contribution is 0.0128. The number of carbonyl (C=O) groups excluding carboxylic acids is 1. The molecule has 1 aromatic carbocycles. The van der Waals surface area contributed by atoms with Gasteiger partial charge < -0.3 is 15.0 Å². The highest BCUT2D eigenvalue weighted by molar-refractivity contribution is 5.68. The maximum absolute atomic E-state index is 12.2. The van der Waals surface area contributed by atoms with Crippen LogP contribution in [0.1, 0.15) is 46.1 Å². The van der Waals surface area contributed by atoms with Gasteiger partial charge in [0.1, 0.15) is 5.60 Å². The number of nitrogens with one attached hydrogen (secondary N) is 1. The number of piperidine rings is 1. The Morgan fingerprint density at radius 1 is 1.30 bits per heavy atom. The van der Waals surface area contributed by atoms with E-state index in [0.29, 0.717) is 12.0 Å². The van der Waals surface area contributed by atoms with E-state index in [1.165, 1.54) is 5.56 Å². The average molecular weight is 318 g/mol. The molecule has 2 atom stereocenters. The summed E-state index contributed by atoms with van der Waals surface area (Å²) < 4.78 is 5.50. The molecule has 1 aliphatic heterocycles. The predicted octanol–water partition coefficient (Wildman–Crippen LogP) is 3.81. The van der Waals surface area contributed by atoms with Gasteiger partial charge >= 0.3 is 6.09 Å². The number of ether oxygens (including phenoxy) is 1. The van der Waals surface area contributed by atoms with Gasteiger partial charge in [0, 0.05) is 25.7 Å². The summed E-state index contributed by atoms with van der Waals surface area (Å²) in [6, 6.07) is 10.9. The van der Waals surface area contributed by atoms with Gasteiger partial charge in [0.05, 0.1) is 0 Å². The van der Waals surface area contributed by atoms with Gasteiger partial charge in [-0.3, -0.25) is 0 Å². The Labute approximate surface area is 140 Å². The van der Waals surface area contributed by atoms with E-state index in [-0.39, 0.29) is 6.09 Å². The molecule has 4 heteroatoms. The molecular weight excluding hydrogens is 288 g/mol. The summed E-state index contributed by atoms with van der Waals surface area (Å²) in [7, 11) is 0. The Balaban J connectivity index is 1.87. The molecule has 4 nitrogen and oxygen atoms in total. The van der Waals surface area contributed by atoms with E-state index >= 15 is 0 Å². The number of likely N-dealkylation sites (tertiary alicyclic amines) is 1. The van der Waals surface area contributed by atoms with Crippen molar-refractivity contribution in [3.63, 3.8) is 0 Å². The normalized spacial score (nSPS) is 22.0. The van der Waals surface area contributed by atoms with Crippen LogP contribution >= 0.6 is 0 Å². The number of hydrogen-bond acceptors (Lipinski definition) is 3. The quantitative estimate of drug-likeness (QED) is 0.918. The number of amides is 1. The molecule has 0 unspecified atom stereocenters. The van der Waals surface area contributed by atoms with Gasteiger partial charge in [-0.15, -0.1) is 0 Å². The molecule has 1 aliphatic rings. The SMILES string of the molecule is CC[C@@H]1CN(C(=O)OC(C)(C)C)CC[C@@H]1NCc1ccccc1. The first-order valence-electron chi connectivity index (χ1n) is 8.64. The van der Waals surface area contributed by atoms with Crippen LogP contribution in [0.25, 0.3) is 0 Å².